The van der Waals surface area contributed by atoms with Crippen LogP contribution in [0.4, 0.5) is 5.69 Å². The molecule has 0 bridgehead atoms. The van der Waals surface area contributed by atoms with Gasteiger partial charge in [-0.15, -0.1) is 4.73 Å². The number of fused-ring (bicyclic) bond motifs is 1. The normalized spacial score (nSPS) is 11.2. The van der Waals surface area contributed by atoms with Crippen LogP contribution in [0.15, 0.2) is 17.2 Å². The number of nitrogens with zero attached hydrogens (tertiary/aromatic N) is 4. The van der Waals surface area contributed by atoms with Crippen LogP contribution in [0.2, 0.25) is 0 Å². The fraction of sp³-hybridized carbons (Fsp3) is 0.462. The molecule has 7 heteroatoms. The highest BCUT2D eigenvalue weighted by molar-refractivity contribution is 5.90. The first kappa shape index (κ1) is 14.3. The molecule has 108 valence electrons. The topological polar surface area (TPSA) is 83.3 Å². The summed E-state index contributed by atoms with van der Waals surface area (Å²) in [5.74, 6) is 0. The van der Waals surface area contributed by atoms with Gasteiger partial charge in [-0.2, -0.15) is 0 Å². The van der Waals surface area contributed by atoms with Crippen LogP contribution in [0.25, 0.3) is 11.0 Å². The Kier molecular flexibility index (Phi) is 4.19. The third-order valence-electron chi connectivity index (χ3n) is 3.06. The van der Waals surface area contributed by atoms with E-state index in [-0.39, 0.29) is 5.65 Å². The number of hydrogen-bond acceptors (Lipinski definition) is 6. The van der Waals surface area contributed by atoms with Crippen LogP contribution in [0.3, 0.4) is 0 Å². The van der Waals surface area contributed by atoms with E-state index in [1.165, 1.54) is 12.4 Å². The Hall–Kier alpha value is -2.15. The molecule has 0 atom stereocenters. The van der Waals surface area contributed by atoms with Crippen LogP contribution >= 0.6 is 0 Å². The molecule has 0 radical (unpaired) electrons. The summed E-state index contributed by atoms with van der Waals surface area (Å²) in [6.45, 7) is 3.51. The molecule has 2 heterocycles. The molecule has 0 aliphatic heterocycles. The maximum Gasteiger partial charge on any atom is 0.286 e. The van der Waals surface area contributed by atoms with Crippen molar-refractivity contribution in [2.75, 3.05) is 32.5 Å². The van der Waals surface area contributed by atoms with Gasteiger partial charge in [-0.25, -0.2) is 9.97 Å². The molecule has 7 nitrogen and oxygen atoms in total. The molecule has 20 heavy (non-hydrogen) atoms. The molecule has 2 aromatic rings. The molecule has 0 saturated heterocycles. The third kappa shape index (κ3) is 2.88. The summed E-state index contributed by atoms with van der Waals surface area (Å²) in [4.78, 5) is 21.9. The van der Waals surface area contributed by atoms with Gasteiger partial charge in [0.1, 0.15) is 6.33 Å². The summed E-state index contributed by atoms with van der Waals surface area (Å²) in [5.41, 5.74) is 1.09. The molecule has 2 rings (SSSR count). The summed E-state index contributed by atoms with van der Waals surface area (Å²) in [5, 5.41) is 13.6. The van der Waals surface area contributed by atoms with Crippen molar-refractivity contribution in [1.29, 1.82) is 0 Å². The van der Waals surface area contributed by atoms with Gasteiger partial charge in [-0.05, 0) is 34.0 Å². The molecule has 0 saturated carbocycles. The SMILES string of the molecule is Cc1ncnc2c1c(NCCCN(C)C)cc(=O)n2O. The molecule has 0 fully saturated rings. The second kappa shape index (κ2) is 5.87. The number of aryl methyl sites for hydroxylation is 1. The standard InChI is InChI=1S/C13H19N5O2/c1-9-12-10(14-5-4-6-17(2)3)7-11(19)18(20)13(12)16-8-15-9/h7-8,14,20H,4-6H2,1-3H3. The van der Waals surface area contributed by atoms with Crippen molar-refractivity contribution >= 4 is 16.7 Å². The quantitative estimate of drug-likeness (QED) is 0.618. The van der Waals surface area contributed by atoms with Crippen LogP contribution in [-0.4, -0.2) is 52.0 Å². The van der Waals surface area contributed by atoms with E-state index in [2.05, 4.69) is 20.2 Å². The van der Waals surface area contributed by atoms with Gasteiger partial charge in [-0.3, -0.25) is 4.79 Å². The predicted octanol–water partition coefficient (Wildman–Crippen LogP) is 0.701. The largest absolute Gasteiger partial charge is 0.423 e. The third-order valence-corrected chi connectivity index (χ3v) is 3.06. The van der Waals surface area contributed by atoms with E-state index in [0.717, 1.165) is 19.5 Å². The highest BCUT2D eigenvalue weighted by Gasteiger charge is 2.11. The highest BCUT2D eigenvalue weighted by atomic mass is 16.5. The number of nitrogens with one attached hydrogen (secondary N) is 1. The minimum atomic E-state index is -0.509. The predicted molar refractivity (Wildman–Crippen MR) is 77.4 cm³/mol. The molecule has 2 aromatic heterocycles. The number of pyridine rings is 1. The molecule has 0 spiro atoms. The molecule has 0 unspecified atom stereocenters. The van der Waals surface area contributed by atoms with Crippen LogP contribution in [-0.2, 0) is 0 Å². The average molecular weight is 277 g/mol. The summed E-state index contributed by atoms with van der Waals surface area (Å²) < 4.78 is 0.551. The number of aromatic nitrogens is 3. The smallest absolute Gasteiger partial charge is 0.286 e. The Morgan fingerprint density at radius 1 is 1.40 bits per heavy atom. The van der Waals surface area contributed by atoms with Gasteiger partial charge in [0.05, 0.1) is 16.8 Å². The number of rotatable bonds is 5. The monoisotopic (exact) mass is 277 g/mol. The molecule has 0 aliphatic rings. The molecular weight excluding hydrogens is 258 g/mol. The Labute approximate surface area is 116 Å². The maximum atomic E-state index is 11.7. The van der Waals surface area contributed by atoms with E-state index in [0.29, 0.717) is 21.5 Å². The first-order valence-electron chi connectivity index (χ1n) is 6.46. The summed E-state index contributed by atoms with van der Waals surface area (Å²) in [6, 6.07) is 1.37. The lowest BCUT2D eigenvalue weighted by Gasteiger charge is -2.13. The lowest BCUT2D eigenvalue weighted by molar-refractivity contribution is 0.186. The lowest BCUT2D eigenvalue weighted by atomic mass is 10.2. The van der Waals surface area contributed by atoms with Crippen molar-refractivity contribution in [3.05, 3.63) is 28.4 Å². The van der Waals surface area contributed by atoms with Crippen LogP contribution in [0.1, 0.15) is 12.1 Å². The molecule has 0 aromatic carbocycles. The molecule has 0 amide bonds. The van der Waals surface area contributed by atoms with Crippen LogP contribution < -0.4 is 10.9 Å². The minimum Gasteiger partial charge on any atom is -0.423 e. The average Bonchev–Trinajstić information content (AvgIpc) is 2.40. The van der Waals surface area contributed by atoms with E-state index in [1.54, 1.807) is 0 Å². The summed E-state index contributed by atoms with van der Waals surface area (Å²) >= 11 is 0. The van der Waals surface area contributed by atoms with E-state index in [1.807, 2.05) is 21.0 Å². The zero-order valence-electron chi connectivity index (χ0n) is 11.9. The summed E-state index contributed by atoms with van der Waals surface area (Å²) in [6.07, 6.45) is 2.28. The molecular formula is C13H19N5O2. The number of hydrogen-bond donors (Lipinski definition) is 2. The zero-order chi connectivity index (χ0) is 14.7. The van der Waals surface area contributed by atoms with Crippen molar-refractivity contribution < 1.29 is 5.21 Å². The van der Waals surface area contributed by atoms with E-state index in [4.69, 9.17) is 0 Å². The fourth-order valence-corrected chi connectivity index (χ4v) is 2.06. The Morgan fingerprint density at radius 3 is 2.85 bits per heavy atom. The fourth-order valence-electron chi connectivity index (χ4n) is 2.06. The van der Waals surface area contributed by atoms with Gasteiger partial charge in [0, 0.05) is 12.6 Å². The summed E-state index contributed by atoms with van der Waals surface area (Å²) in [7, 11) is 4.03. The lowest BCUT2D eigenvalue weighted by Crippen LogP contribution is -2.21. The highest BCUT2D eigenvalue weighted by Crippen LogP contribution is 2.21. The van der Waals surface area contributed by atoms with Crippen molar-refractivity contribution in [3.8, 4) is 0 Å². The first-order chi connectivity index (χ1) is 9.50. The molecule has 2 N–H and O–H groups in total. The van der Waals surface area contributed by atoms with Crippen LogP contribution in [0, 0.1) is 6.92 Å². The maximum absolute atomic E-state index is 11.7. The van der Waals surface area contributed by atoms with Gasteiger partial charge in [0.2, 0.25) is 0 Å². The Bertz CT molecular complexity index is 666. The van der Waals surface area contributed by atoms with Crippen molar-refractivity contribution in [1.82, 2.24) is 19.6 Å². The Balaban J connectivity index is 2.33. The van der Waals surface area contributed by atoms with Gasteiger partial charge in [-0.1, -0.05) is 0 Å². The van der Waals surface area contributed by atoms with Gasteiger partial charge in [0.25, 0.3) is 5.56 Å². The van der Waals surface area contributed by atoms with Gasteiger partial charge in [0.15, 0.2) is 5.65 Å². The van der Waals surface area contributed by atoms with E-state index in [9.17, 15) is 10.0 Å². The van der Waals surface area contributed by atoms with E-state index < -0.39 is 5.56 Å². The van der Waals surface area contributed by atoms with Gasteiger partial charge >= 0.3 is 0 Å². The number of anilines is 1. The van der Waals surface area contributed by atoms with Crippen LogP contribution in [0.5, 0.6) is 0 Å². The zero-order valence-corrected chi connectivity index (χ0v) is 11.9. The second-order valence-corrected chi connectivity index (χ2v) is 4.95. The van der Waals surface area contributed by atoms with Crippen molar-refractivity contribution in [3.63, 3.8) is 0 Å². The van der Waals surface area contributed by atoms with Gasteiger partial charge < -0.3 is 15.4 Å². The van der Waals surface area contributed by atoms with Crippen molar-refractivity contribution in [2.24, 2.45) is 0 Å². The molecule has 0 aliphatic carbocycles. The first-order valence-corrected chi connectivity index (χ1v) is 6.46. The Morgan fingerprint density at radius 2 is 2.15 bits per heavy atom. The minimum absolute atomic E-state index is 0.222. The second-order valence-electron chi connectivity index (χ2n) is 4.95. The van der Waals surface area contributed by atoms with E-state index >= 15 is 0 Å². The van der Waals surface area contributed by atoms with Crippen molar-refractivity contribution in [2.45, 2.75) is 13.3 Å².